The molecule has 5 nitrogen and oxygen atoms in total. The first-order valence-electron chi connectivity index (χ1n) is 5.79. The van der Waals surface area contributed by atoms with E-state index in [-0.39, 0.29) is 5.91 Å². The van der Waals surface area contributed by atoms with Crippen LogP contribution in [0.2, 0.25) is 0 Å². The average Bonchev–Trinajstić information content (AvgIpc) is 2.88. The molecule has 1 aliphatic rings. The Labute approximate surface area is 94.8 Å². The van der Waals surface area contributed by atoms with Gasteiger partial charge in [-0.25, -0.2) is 0 Å². The number of aryl methyl sites for hydroxylation is 1. The molecule has 1 aromatic rings. The number of amides is 1. The van der Waals surface area contributed by atoms with Crippen LogP contribution in [0.25, 0.3) is 0 Å². The Morgan fingerprint density at radius 1 is 1.62 bits per heavy atom. The summed E-state index contributed by atoms with van der Waals surface area (Å²) in [7, 11) is 0. The van der Waals surface area contributed by atoms with Gasteiger partial charge in [0, 0.05) is 11.8 Å². The highest BCUT2D eigenvalue weighted by Gasteiger charge is 2.37. The lowest BCUT2D eigenvalue weighted by molar-refractivity contribution is -0.121. The minimum atomic E-state index is -0.689. The van der Waals surface area contributed by atoms with Crippen LogP contribution in [0.3, 0.4) is 0 Å². The van der Waals surface area contributed by atoms with Gasteiger partial charge >= 0.3 is 0 Å². The van der Waals surface area contributed by atoms with E-state index in [4.69, 9.17) is 5.73 Å². The lowest BCUT2D eigenvalue weighted by Crippen LogP contribution is -2.48. The summed E-state index contributed by atoms with van der Waals surface area (Å²) >= 11 is 0. The number of carbonyl (C=O) groups excluding carboxylic acids is 1. The number of hydrogen-bond donors (Lipinski definition) is 3. The summed E-state index contributed by atoms with van der Waals surface area (Å²) in [6.45, 7) is 2.03. The summed E-state index contributed by atoms with van der Waals surface area (Å²) in [4.78, 5) is 11.9. The highest BCUT2D eigenvalue weighted by molar-refractivity contribution is 5.97. The smallest absolute Gasteiger partial charge is 0.245 e. The van der Waals surface area contributed by atoms with E-state index in [1.165, 1.54) is 0 Å². The molecule has 0 atom stereocenters. The van der Waals surface area contributed by atoms with Gasteiger partial charge in [0.25, 0.3) is 0 Å². The predicted molar refractivity (Wildman–Crippen MR) is 62.0 cm³/mol. The standard InChI is InChI=1S/C11H18N4O/c1-2-8-7-9(15-14-8)13-10(16)11(12)5-3-4-6-11/h7H,2-6,12H2,1H3,(H2,13,14,15,16). The first-order valence-corrected chi connectivity index (χ1v) is 5.79. The van der Waals surface area contributed by atoms with Crippen molar-refractivity contribution < 1.29 is 4.79 Å². The summed E-state index contributed by atoms with van der Waals surface area (Å²) in [5, 5.41) is 9.65. The van der Waals surface area contributed by atoms with Crippen molar-refractivity contribution in [3.05, 3.63) is 11.8 Å². The second kappa shape index (κ2) is 4.25. The number of nitrogens with zero attached hydrogens (tertiary/aromatic N) is 1. The quantitative estimate of drug-likeness (QED) is 0.718. The number of anilines is 1. The number of rotatable bonds is 3. The topological polar surface area (TPSA) is 83.8 Å². The Kier molecular flexibility index (Phi) is 2.96. The van der Waals surface area contributed by atoms with Gasteiger partial charge in [0.15, 0.2) is 5.82 Å². The monoisotopic (exact) mass is 222 g/mol. The van der Waals surface area contributed by atoms with Crippen molar-refractivity contribution in [2.75, 3.05) is 5.32 Å². The van der Waals surface area contributed by atoms with E-state index in [1.54, 1.807) is 0 Å². The molecule has 2 rings (SSSR count). The largest absolute Gasteiger partial charge is 0.317 e. The fraction of sp³-hybridized carbons (Fsp3) is 0.636. The number of nitrogens with one attached hydrogen (secondary N) is 2. The normalized spacial score (nSPS) is 18.6. The Hall–Kier alpha value is -1.36. The van der Waals surface area contributed by atoms with E-state index in [0.717, 1.165) is 37.8 Å². The molecule has 1 amide bonds. The van der Waals surface area contributed by atoms with Crippen LogP contribution in [0, 0.1) is 0 Å². The Bertz CT molecular complexity index is 379. The van der Waals surface area contributed by atoms with Crippen LogP contribution < -0.4 is 11.1 Å². The SMILES string of the molecule is CCc1cc(NC(=O)C2(N)CCCC2)n[nH]1. The molecule has 0 aliphatic heterocycles. The van der Waals surface area contributed by atoms with E-state index < -0.39 is 5.54 Å². The zero-order valence-electron chi connectivity index (χ0n) is 9.55. The van der Waals surface area contributed by atoms with Gasteiger partial charge in [0.2, 0.25) is 5.91 Å². The summed E-state index contributed by atoms with van der Waals surface area (Å²) in [6, 6.07) is 1.84. The van der Waals surface area contributed by atoms with Crippen molar-refractivity contribution in [3.63, 3.8) is 0 Å². The van der Waals surface area contributed by atoms with Crippen LogP contribution >= 0.6 is 0 Å². The Morgan fingerprint density at radius 2 is 2.31 bits per heavy atom. The van der Waals surface area contributed by atoms with Gasteiger partial charge in [0.1, 0.15) is 0 Å². The van der Waals surface area contributed by atoms with E-state index >= 15 is 0 Å². The molecule has 0 spiro atoms. The third-order valence-corrected chi connectivity index (χ3v) is 3.20. The molecule has 4 N–H and O–H groups in total. The first kappa shape index (κ1) is 11.1. The van der Waals surface area contributed by atoms with Crippen LogP contribution in [-0.2, 0) is 11.2 Å². The van der Waals surface area contributed by atoms with Gasteiger partial charge in [-0.05, 0) is 19.3 Å². The molecule has 16 heavy (non-hydrogen) atoms. The van der Waals surface area contributed by atoms with E-state index in [1.807, 2.05) is 13.0 Å². The highest BCUT2D eigenvalue weighted by Crippen LogP contribution is 2.28. The number of aromatic amines is 1. The van der Waals surface area contributed by atoms with Crippen LogP contribution in [-0.4, -0.2) is 21.6 Å². The predicted octanol–water partition coefficient (Wildman–Crippen LogP) is 1.18. The maximum atomic E-state index is 11.9. The third-order valence-electron chi connectivity index (χ3n) is 3.20. The van der Waals surface area contributed by atoms with Crippen LogP contribution in [0.1, 0.15) is 38.3 Å². The van der Waals surface area contributed by atoms with Crippen molar-refractivity contribution in [1.29, 1.82) is 0 Å². The second-order valence-corrected chi connectivity index (χ2v) is 4.45. The van der Waals surface area contributed by atoms with Crippen LogP contribution in [0.5, 0.6) is 0 Å². The summed E-state index contributed by atoms with van der Waals surface area (Å²) in [5.74, 6) is 0.456. The molecular weight excluding hydrogens is 204 g/mol. The number of nitrogens with two attached hydrogens (primary N) is 1. The van der Waals surface area contributed by atoms with Gasteiger partial charge in [-0.2, -0.15) is 5.10 Å². The summed E-state index contributed by atoms with van der Waals surface area (Å²) in [5.41, 5.74) is 6.36. The Morgan fingerprint density at radius 3 is 2.88 bits per heavy atom. The third kappa shape index (κ3) is 2.09. The Balaban J connectivity index is 2.01. The minimum absolute atomic E-state index is 0.112. The summed E-state index contributed by atoms with van der Waals surface area (Å²) in [6.07, 6.45) is 4.47. The molecule has 1 aromatic heterocycles. The zero-order valence-corrected chi connectivity index (χ0v) is 9.55. The van der Waals surface area contributed by atoms with Crippen molar-refractivity contribution in [2.24, 2.45) is 5.73 Å². The molecule has 1 fully saturated rings. The molecule has 0 bridgehead atoms. The van der Waals surface area contributed by atoms with Gasteiger partial charge in [-0.1, -0.05) is 19.8 Å². The van der Waals surface area contributed by atoms with Crippen molar-refractivity contribution in [2.45, 2.75) is 44.6 Å². The van der Waals surface area contributed by atoms with Crippen LogP contribution in [0.15, 0.2) is 6.07 Å². The zero-order chi connectivity index (χ0) is 11.6. The van der Waals surface area contributed by atoms with Gasteiger partial charge < -0.3 is 11.1 Å². The maximum Gasteiger partial charge on any atom is 0.245 e. The molecule has 88 valence electrons. The molecule has 0 saturated heterocycles. The van der Waals surface area contributed by atoms with Gasteiger partial charge in [0.05, 0.1) is 5.54 Å². The number of carbonyl (C=O) groups is 1. The second-order valence-electron chi connectivity index (χ2n) is 4.45. The summed E-state index contributed by atoms with van der Waals surface area (Å²) < 4.78 is 0. The fourth-order valence-corrected chi connectivity index (χ4v) is 2.08. The molecule has 1 aliphatic carbocycles. The van der Waals surface area contributed by atoms with Crippen molar-refractivity contribution in [1.82, 2.24) is 10.2 Å². The van der Waals surface area contributed by atoms with Gasteiger partial charge in [-0.15, -0.1) is 0 Å². The molecule has 1 heterocycles. The molecule has 0 aromatic carbocycles. The molecule has 1 saturated carbocycles. The molecule has 0 radical (unpaired) electrons. The van der Waals surface area contributed by atoms with Gasteiger partial charge in [-0.3, -0.25) is 9.89 Å². The van der Waals surface area contributed by atoms with Crippen molar-refractivity contribution >= 4 is 11.7 Å². The lowest BCUT2D eigenvalue weighted by atomic mass is 9.98. The van der Waals surface area contributed by atoms with E-state index in [9.17, 15) is 4.79 Å². The van der Waals surface area contributed by atoms with Crippen molar-refractivity contribution in [3.8, 4) is 0 Å². The fourth-order valence-electron chi connectivity index (χ4n) is 2.08. The molecular formula is C11H18N4O. The number of hydrogen-bond acceptors (Lipinski definition) is 3. The minimum Gasteiger partial charge on any atom is -0.317 e. The average molecular weight is 222 g/mol. The highest BCUT2D eigenvalue weighted by atomic mass is 16.2. The molecule has 5 heteroatoms. The first-order chi connectivity index (χ1) is 7.64. The van der Waals surface area contributed by atoms with E-state index in [0.29, 0.717) is 5.82 Å². The number of H-pyrrole nitrogens is 1. The maximum absolute atomic E-state index is 11.9. The number of aromatic nitrogens is 2. The molecule has 0 unspecified atom stereocenters. The lowest BCUT2D eigenvalue weighted by Gasteiger charge is -2.21. The van der Waals surface area contributed by atoms with E-state index in [2.05, 4.69) is 15.5 Å². The van der Waals surface area contributed by atoms with Crippen LogP contribution in [0.4, 0.5) is 5.82 Å².